The van der Waals surface area contributed by atoms with Crippen molar-refractivity contribution in [3.8, 4) is 5.75 Å². The molecule has 0 heterocycles. The fourth-order valence-electron chi connectivity index (χ4n) is 2.00. The van der Waals surface area contributed by atoms with Crippen LogP contribution in [-0.2, 0) is 17.9 Å². The molecule has 17 heavy (non-hydrogen) atoms. The van der Waals surface area contributed by atoms with Crippen LogP contribution in [0.3, 0.4) is 0 Å². The number of unbranched alkanes of at least 4 members (excludes halogenated alkanes) is 1. The molecule has 0 saturated carbocycles. The zero-order valence-corrected chi connectivity index (χ0v) is 9.93. The first-order chi connectivity index (χ1) is 8.34. The zero-order chi connectivity index (χ0) is 11.9. The molecule has 0 amide bonds. The van der Waals surface area contributed by atoms with Gasteiger partial charge in [0.15, 0.2) is 5.75 Å². The fourth-order valence-corrected chi connectivity index (χ4v) is 2.00. The minimum Gasteiger partial charge on any atom is -0.290 e. The Balaban J connectivity index is 1.73. The molecular formula is C16H17O. The first kappa shape index (κ1) is 11.7. The van der Waals surface area contributed by atoms with Crippen molar-refractivity contribution in [1.29, 1.82) is 0 Å². The molecule has 0 aliphatic rings. The van der Waals surface area contributed by atoms with Crippen LogP contribution in [0.1, 0.15) is 24.0 Å². The minimum absolute atomic E-state index is 0.116. The average Bonchev–Trinajstić information content (AvgIpc) is 2.36. The molecule has 2 aromatic rings. The first-order valence-corrected chi connectivity index (χ1v) is 6.14. The Bertz CT molecular complexity index is 448. The zero-order valence-electron chi connectivity index (χ0n) is 9.93. The van der Waals surface area contributed by atoms with Crippen LogP contribution in [0.15, 0.2) is 54.6 Å². The van der Waals surface area contributed by atoms with Crippen LogP contribution in [0.2, 0.25) is 0 Å². The van der Waals surface area contributed by atoms with Crippen molar-refractivity contribution in [3.63, 3.8) is 0 Å². The van der Waals surface area contributed by atoms with Gasteiger partial charge in [0.2, 0.25) is 0 Å². The summed E-state index contributed by atoms with van der Waals surface area (Å²) >= 11 is 0. The van der Waals surface area contributed by atoms with E-state index in [1.165, 1.54) is 12.0 Å². The predicted molar refractivity (Wildman–Crippen MR) is 69.7 cm³/mol. The molecule has 0 atom stereocenters. The number of aryl methyl sites for hydroxylation is 2. The van der Waals surface area contributed by atoms with Crippen LogP contribution >= 0.6 is 0 Å². The summed E-state index contributed by atoms with van der Waals surface area (Å²) in [5.74, 6) is 0.116. The lowest BCUT2D eigenvalue weighted by Crippen LogP contribution is -1.88. The number of hydrogen-bond acceptors (Lipinski definition) is 0. The van der Waals surface area contributed by atoms with Crippen LogP contribution < -0.4 is 0 Å². The molecule has 0 aromatic heterocycles. The second-order valence-electron chi connectivity index (χ2n) is 4.34. The highest BCUT2D eigenvalue weighted by molar-refractivity contribution is 5.26. The third kappa shape index (κ3) is 3.95. The van der Waals surface area contributed by atoms with E-state index >= 15 is 0 Å². The summed E-state index contributed by atoms with van der Waals surface area (Å²) in [5.41, 5.74) is 2.55. The highest BCUT2D eigenvalue weighted by Crippen LogP contribution is 2.14. The minimum atomic E-state index is 0.116. The van der Waals surface area contributed by atoms with E-state index in [-0.39, 0.29) is 5.75 Å². The maximum absolute atomic E-state index is 11.1. The molecule has 0 spiro atoms. The van der Waals surface area contributed by atoms with Gasteiger partial charge in [-0.3, -0.25) is 5.11 Å². The SMILES string of the molecule is [O]c1cccc(CCCCc2ccccc2)c1. The second kappa shape index (κ2) is 6.09. The Hall–Kier alpha value is -1.76. The molecule has 0 fully saturated rings. The second-order valence-corrected chi connectivity index (χ2v) is 4.34. The topological polar surface area (TPSA) is 19.9 Å². The molecule has 0 bridgehead atoms. The van der Waals surface area contributed by atoms with Crippen molar-refractivity contribution >= 4 is 0 Å². The standard InChI is InChI=1S/C16H17O/c17-16-12-6-11-15(13-16)10-5-4-9-14-7-2-1-3-8-14/h1-3,6-8,11-13H,4-5,9-10H2. The third-order valence-corrected chi connectivity index (χ3v) is 2.92. The van der Waals surface area contributed by atoms with Gasteiger partial charge in [0.25, 0.3) is 0 Å². The summed E-state index contributed by atoms with van der Waals surface area (Å²) in [6.07, 6.45) is 4.44. The highest BCUT2D eigenvalue weighted by Gasteiger charge is 1.97. The van der Waals surface area contributed by atoms with Gasteiger partial charge in [0.1, 0.15) is 0 Å². The first-order valence-electron chi connectivity index (χ1n) is 6.14. The van der Waals surface area contributed by atoms with E-state index in [1.807, 2.05) is 18.2 Å². The molecule has 1 nitrogen and oxygen atoms in total. The molecule has 0 aliphatic carbocycles. The van der Waals surface area contributed by atoms with Crippen molar-refractivity contribution in [2.75, 3.05) is 0 Å². The van der Waals surface area contributed by atoms with Crippen molar-refractivity contribution in [1.82, 2.24) is 0 Å². The molecule has 0 aliphatic heterocycles. The molecule has 87 valence electrons. The molecule has 0 saturated heterocycles. The summed E-state index contributed by atoms with van der Waals surface area (Å²) in [5, 5.41) is 11.1. The highest BCUT2D eigenvalue weighted by atomic mass is 16.3. The summed E-state index contributed by atoms with van der Waals surface area (Å²) < 4.78 is 0. The van der Waals surface area contributed by atoms with E-state index < -0.39 is 0 Å². The molecule has 1 radical (unpaired) electrons. The van der Waals surface area contributed by atoms with E-state index in [4.69, 9.17) is 0 Å². The lowest BCUT2D eigenvalue weighted by Gasteiger charge is -2.02. The van der Waals surface area contributed by atoms with Crippen LogP contribution in [0.5, 0.6) is 5.75 Å². The van der Waals surface area contributed by atoms with Crippen molar-refractivity contribution in [2.45, 2.75) is 25.7 Å². The van der Waals surface area contributed by atoms with E-state index in [1.54, 1.807) is 12.1 Å². The van der Waals surface area contributed by atoms with E-state index in [0.717, 1.165) is 24.8 Å². The van der Waals surface area contributed by atoms with Gasteiger partial charge in [-0.05, 0) is 48.9 Å². The summed E-state index contributed by atoms with van der Waals surface area (Å²) in [4.78, 5) is 0. The van der Waals surface area contributed by atoms with E-state index in [2.05, 4.69) is 24.3 Å². The van der Waals surface area contributed by atoms with Gasteiger partial charge in [-0.1, -0.05) is 42.5 Å². The van der Waals surface area contributed by atoms with Crippen LogP contribution in [0.25, 0.3) is 0 Å². The van der Waals surface area contributed by atoms with Gasteiger partial charge >= 0.3 is 0 Å². The van der Waals surface area contributed by atoms with E-state index in [9.17, 15) is 5.11 Å². The number of benzene rings is 2. The smallest absolute Gasteiger partial charge is 0.178 e. The average molecular weight is 225 g/mol. The lowest BCUT2D eigenvalue weighted by molar-refractivity contribution is 0.354. The van der Waals surface area contributed by atoms with Gasteiger partial charge in [0, 0.05) is 0 Å². The quantitative estimate of drug-likeness (QED) is 0.672. The van der Waals surface area contributed by atoms with Gasteiger partial charge in [-0.2, -0.15) is 0 Å². The molecule has 1 heteroatoms. The number of hydrogen-bond donors (Lipinski definition) is 0. The normalized spacial score (nSPS) is 10.4. The molecular weight excluding hydrogens is 208 g/mol. The molecule has 2 rings (SSSR count). The monoisotopic (exact) mass is 225 g/mol. The van der Waals surface area contributed by atoms with Crippen molar-refractivity contribution in [3.05, 3.63) is 65.7 Å². The Kier molecular flexibility index (Phi) is 4.20. The largest absolute Gasteiger partial charge is 0.290 e. The van der Waals surface area contributed by atoms with Crippen molar-refractivity contribution in [2.24, 2.45) is 0 Å². The van der Waals surface area contributed by atoms with Gasteiger partial charge in [-0.15, -0.1) is 0 Å². The molecule has 2 aromatic carbocycles. The van der Waals surface area contributed by atoms with Crippen LogP contribution in [0.4, 0.5) is 0 Å². The molecule has 0 N–H and O–H groups in total. The summed E-state index contributed by atoms with van der Waals surface area (Å²) in [6.45, 7) is 0. The Morgan fingerprint density at radius 1 is 0.706 bits per heavy atom. The van der Waals surface area contributed by atoms with Gasteiger partial charge in [-0.25, -0.2) is 0 Å². The number of rotatable bonds is 5. The fraction of sp³-hybridized carbons (Fsp3) is 0.250. The van der Waals surface area contributed by atoms with E-state index in [0.29, 0.717) is 0 Å². The summed E-state index contributed by atoms with van der Waals surface area (Å²) in [7, 11) is 0. The maximum Gasteiger partial charge on any atom is 0.178 e. The van der Waals surface area contributed by atoms with Crippen molar-refractivity contribution < 1.29 is 5.11 Å². The van der Waals surface area contributed by atoms with Gasteiger partial charge in [0.05, 0.1) is 0 Å². The third-order valence-electron chi connectivity index (χ3n) is 2.92. The maximum atomic E-state index is 11.1. The van der Waals surface area contributed by atoms with Gasteiger partial charge < -0.3 is 0 Å². The Morgan fingerprint density at radius 3 is 2.06 bits per heavy atom. The lowest BCUT2D eigenvalue weighted by atomic mass is 10.0. The predicted octanol–water partition coefficient (Wildman–Crippen LogP) is 4.40. The molecule has 0 unspecified atom stereocenters. The Labute approximate surface area is 103 Å². The summed E-state index contributed by atoms with van der Waals surface area (Å²) in [6, 6.07) is 17.8. The van der Waals surface area contributed by atoms with Crippen LogP contribution in [0, 0.1) is 0 Å². The Morgan fingerprint density at radius 2 is 1.35 bits per heavy atom. The van der Waals surface area contributed by atoms with Crippen LogP contribution in [-0.4, -0.2) is 0 Å².